The highest BCUT2D eigenvalue weighted by atomic mass is 79.9. The van der Waals surface area contributed by atoms with Gasteiger partial charge in [0.25, 0.3) is 0 Å². The molecule has 0 spiro atoms. The Hall–Kier alpha value is -1.40. The summed E-state index contributed by atoms with van der Waals surface area (Å²) in [5, 5.41) is 3.95. The minimum Gasteiger partial charge on any atom is -0.496 e. The number of halogens is 1. The molecule has 1 aromatic carbocycles. The van der Waals surface area contributed by atoms with Crippen molar-refractivity contribution < 1.29 is 9.53 Å². The third-order valence-corrected chi connectivity index (χ3v) is 4.76. The summed E-state index contributed by atoms with van der Waals surface area (Å²) in [7, 11) is 1.63. The monoisotopic (exact) mass is 396 g/mol. The van der Waals surface area contributed by atoms with Crippen LogP contribution in [0.5, 0.6) is 5.75 Å². The molecule has 1 atom stereocenters. The highest BCUT2D eigenvalue weighted by Gasteiger charge is 2.33. The Morgan fingerprint density at radius 1 is 1.48 bits per heavy atom. The number of rotatable bonds is 5. The van der Waals surface area contributed by atoms with Gasteiger partial charge >= 0.3 is 0 Å². The molecule has 124 valence electrons. The maximum Gasteiger partial charge on any atom is 0.173 e. The molecule has 1 aliphatic heterocycles. The van der Waals surface area contributed by atoms with Crippen LogP contribution < -0.4 is 10.1 Å². The van der Waals surface area contributed by atoms with Gasteiger partial charge in [-0.05, 0) is 50.7 Å². The van der Waals surface area contributed by atoms with Gasteiger partial charge in [0.15, 0.2) is 10.9 Å². The molecule has 2 rings (SSSR count). The quantitative estimate of drug-likeness (QED) is 0.762. The summed E-state index contributed by atoms with van der Waals surface area (Å²) in [6, 6.07) is 5.46. The van der Waals surface area contributed by atoms with E-state index >= 15 is 0 Å². The molecule has 0 aliphatic carbocycles. The lowest BCUT2D eigenvalue weighted by molar-refractivity contribution is -0.114. The molecule has 0 saturated carbocycles. The second-order valence-electron chi connectivity index (χ2n) is 5.48. The number of ketones is 1. The maximum absolute atomic E-state index is 12.3. The first-order valence-electron chi connectivity index (χ1n) is 7.53. The smallest absolute Gasteiger partial charge is 0.173 e. The van der Waals surface area contributed by atoms with Crippen LogP contribution in [-0.4, -0.2) is 29.5 Å². The number of carbonyl (C=O) groups is 1. The standard InChI is InChI=1S/C17H21BrN2O2S/c1-5-8-20-10(2)15(11(3)21)16(19-17(20)23)13-9-12(18)6-7-14(13)22-4/h6-7,9,16H,5,8H2,1-4H3,(H,19,23). The number of methoxy groups -OCH3 is 1. The average Bonchev–Trinajstić information content (AvgIpc) is 2.50. The minimum atomic E-state index is -0.305. The number of hydrogen-bond acceptors (Lipinski definition) is 3. The zero-order chi connectivity index (χ0) is 17.1. The van der Waals surface area contributed by atoms with Gasteiger partial charge in [-0.2, -0.15) is 0 Å². The summed E-state index contributed by atoms with van der Waals surface area (Å²) in [6.07, 6.45) is 0.954. The lowest BCUT2D eigenvalue weighted by Gasteiger charge is -2.38. The van der Waals surface area contributed by atoms with E-state index in [4.69, 9.17) is 17.0 Å². The molecule has 0 amide bonds. The molecule has 23 heavy (non-hydrogen) atoms. The van der Waals surface area contributed by atoms with Gasteiger partial charge in [0, 0.05) is 27.9 Å². The van der Waals surface area contributed by atoms with Gasteiger partial charge in [-0.25, -0.2) is 0 Å². The molecule has 4 nitrogen and oxygen atoms in total. The number of benzene rings is 1. The Bertz CT molecular complexity index is 673. The van der Waals surface area contributed by atoms with Crippen LogP contribution in [0, 0.1) is 0 Å². The Morgan fingerprint density at radius 3 is 2.74 bits per heavy atom. The van der Waals surface area contributed by atoms with Crippen molar-refractivity contribution in [2.24, 2.45) is 0 Å². The van der Waals surface area contributed by atoms with E-state index in [2.05, 4.69) is 28.2 Å². The highest BCUT2D eigenvalue weighted by Crippen LogP contribution is 2.37. The number of Topliss-reactive ketones (excluding diaryl/α,β-unsaturated/α-hetero) is 1. The molecule has 1 unspecified atom stereocenters. The van der Waals surface area contributed by atoms with Gasteiger partial charge in [0.1, 0.15) is 5.75 Å². The summed E-state index contributed by atoms with van der Waals surface area (Å²) in [5.41, 5.74) is 2.53. The molecule has 0 bridgehead atoms. The number of thiocarbonyl (C=S) groups is 1. The van der Waals surface area contributed by atoms with Gasteiger partial charge in [-0.3, -0.25) is 4.79 Å². The molecule has 1 heterocycles. The molecular weight excluding hydrogens is 376 g/mol. The van der Waals surface area contributed by atoms with E-state index in [1.165, 1.54) is 0 Å². The van der Waals surface area contributed by atoms with E-state index in [-0.39, 0.29) is 11.8 Å². The SMILES string of the molecule is CCCN1C(=S)NC(c2cc(Br)ccc2OC)C(C(C)=O)=C1C. The first-order valence-corrected chi connectivity index (χ1v) is 8.74. The van der Waals surface area contributed by atoms with Crippen LogP contribution in [0.25, 0.3) is 0 Å². The minimum absolute atomic E-state index is 0.0330. The maximum atomic E-state index is 12.3. The normalized spacial score (nSPS) is 18.0. The van der Waals surface area contributed by atoms with Crippen molar-refractivity contribution in [2.75, 3.05) is 13.7 Å². The van der Waals surface area contributed by atoms with Crippen LogP contribution in [0.15, 0.2) is 33.9 Å². The Morgan fingerprint density at radius 2 is 2.17 bits per heavy atom. The predicted molar refractivity (Wildman–Crippen MR) is 99.5 cm³/mol. The van der Waals surface area contributed by atoms with Crippen molar-refractivity contribution in [1.82, 2.24) is 10.2 Å². The van der Waals surface area contributed by atoms with Gasteiger partial charge < -0.3 is 15.0 Å². The van der Waals surface area contributed by atoms with Crippen molar-refractivity contribution in [1.29, 1.82) is 0 Å². The molecule has 0 saturated heterocycles. The van der Waals surface area contributed by atoms with E-state index in [1.807, 2.05) is 30.0 Å². The number of carbonyl (C=O) groups excluding carboxylic acids is 1. The van der Waals surface area contributed by atoms with E-state index < -0.39 is 0 Å². The zero-order valence-corrected chi connectivity index (χ0v) is 16.2. The fourth-order valence-corrected chi connectivity index (χ4v) is 3.62. The second kappa shape index (κ2) is 7.45. The zero-order valence-electron chi connectivity index (χ0n) is 13.8. The third-order valence-electron chi connectivity index (χ3n) is 3.93. The van der Waals surface area contributed by atoms with Crippen molar-refractivity contribution in [3.05, 3.63) is 39.5 Å². The first kappa shape index (κ1) is 17.9. The predicted octanol–water partition coefficient (Wildman–Crippen LogP) is 3.96. The Balaban J connectivity index is 2.60. The summed E-state index contributed by atoms with van der Waals surface area (Å²) in [5.74, 6) is 0.759. The van der Waals surface area contributed by atoms with Crippen LogP contribution in [0.3, 0.4) is 0 Å². The van der Waals surface area contributed by atoms with Crippen LogP contribution in [-0.2, 0) is 4.79 Å². The van der Waals surface area contributed by atoms with E-state index in [0.717, 1.165) is 40.0 Å². The van der Waals surface area contributed by atoms with Crippen LogP contribution in [0.1, 0.15) is 38.8 Å². The summed E-state index contributed by atoms with van der Waals surface area (Å²) in [6.45, 7) is 6.43. The third kappa shape index (κ3) is 3.58. The van der Waals surface area contributed by atoms with Gasteiger partial charge in [-0.15, -0.1) is 0 Å². The van der Waals surface area contributed by atoms with E-state index in [1.54, 1.807) is 14.0 Å². The molecule has 0 fully saturated rings. The van der Waals surface area contributed by atoms with E-state index in [9.17, 15) is 4.79 Å². The van der Waals surface area contributed by atoms with Crippen molar-refractivity contribution in [3.63, 3.8) is 0 Å². The summed E-state index contributed by atoms with van der Waals surface area (Å²) >= 11 is 9.00. The van der Waals surface area contributed by atoms with Crippen molar-refractivity contribution in [2.45, 2.75) is 33.2 Å². The number of hydrogen-bond donors (Lipinski definition) is 1. The molecule has 1 N–H and O–H groups in total. The van der Waals surface area contributed by atoms with Gasteiger partial charge in [0.05, 0.1) is 13.2 Å². The lowest BCUT2D eigenvalue weighted by atomic mass is 9.92. The number of nitrogens with one attached hydrogen (secondary N) is 1. The fourth-order valence-electron chi connectivity index (χ4n) is 2.90. The molecule has 1 aliphatic rings. The van der Waals surface area contributed by atoms with Crippen molar-refractivity contribution in [3.8, 4) is 5.75 Å². The van der Waals surface area contributed by atoms with Crippen LogP contribution in [0.2, 0.25) is 0 Å². The van der Waals surface area contributed by atoms with Crippen LogP contribution in [0.4, 0.5) is 0 Å². The second-order valence-corrected chi connectivity index (χ2v) is 6.78. The average molecular weight is 397 g/mol. The number of nitrogens with zero attached hydrogens (tertiary/aromatic N) is 1. The number of ether oxygens (including phenoxy) is 1. The first-order chi connectivity index (χ1) is 10.9. The topological polar surface area (TPSA) is 41.6 Å². The van der Waals surface area contributed by atoms with Gasteiger partial charge in [-0.1, -0.05) is 22.9 Å². The lowest BCUT2D eigenvalue weighted by Crippen LogP contribution is -2.47. The van der Waals surface area contributed by atoms with Crippen LogP contribution >= 0.6 is 28.1 Å². The fraction of sp³-hybridized carbons (Fsp3) is 0.412. The summed E-state index contributed by atoms with van der Waals surface area (Å²) < 4.78 is 6.40. The van der Waals surface area contributed by atoms with E-state index in [0.29, 0.717) is 5.11 Å². The molecule has 1 aromatic rings. The van der Waals surface area contributed by atoms with Crippen molar-refractivity contribution >= 4 is 39.0 Å². The molecular formula is C17H21BrN2O2S. The Labute approximate surface area is 151 Å². The molecule has 0 radical (unpaired) electrons. The molecule has 0 aromatic heterocycles. The van der Waals surface area contributed by atoms with Gasteiger partial charge in [0.2, 0.25) is 0 Å². The molecule has 6 heteroatoms. The largest absolute Gasteiger partial charge is 0.496 e. The summed E-state index contributed by atoms with van der Waals surface area (Å²) in [4.78, 5) is 14.3. The number of allylic oxidation sites excluding steroid dienone is 1. The highest BCUT2D eigenvalue weighted by molar-refractivity contribution is 9.10. The Kier molecular flexibility index (Phi) is 5.81.